The molecule has 8 rings (SSSR count). The molecule has 198 valence electrons. The van der Waals surface area contributed by atoms with Crippen molar-refractivity contribution in [2.24, 2.45) is 0 Å². The number of para-hydroxylation sites is 1. The Morgan fingerprint density at radius 1 is 0.476 bits per heavy atom. The van der Waals surface area contributed by atoms with Crippen LogP contribution in [0.1, 0.15) is 63.7 Å². The zero-order chi connectivity index (χ0) is 28.7. The number of hydrogen-bond acceptors (Lipinski definition) is 6. The predicted octanol–water partition coefficient (Wildman–Crippen LogP) is 5.98. The van der Waals surface area contributed by atoms with Crippen molar-refractivity contribution in [2.45, 2.75) is 0 Å². The number of aromatic nitrogens is 1. The van der Waals surface area contributed by atoms with E-state index in [1.54, 1.807) is 97.1 Å². The maximum Gasteiger partial charge on any atom is 0.197 e. The third-order valence-electron chi connectivity index (χ3n) is 8.08. The van der Waals surface area contributed by atoms with Crippen molar-refractivity contribution in [2.75, 3.05) is 5.32 Å². The molecule has 1 heterocycles. The topological polar surface area (TPSA) is 113 Å². The molecule has 0 radical (unpaired) electrons. The van der Waals surface area contributed by atoms with Crippen molar-refractivity contribution in [1.29, 1.82) is 0 Å². The minimum atomic E-state index is -0.373. The fraction of sp³-hybridized carbons (Fsp3) is 0. The molecule has 2 N–H and O–H groups in total. The normalized spacial score (nSPS) is 13.5. The zero-order valence-corrected chi connectivity index (χ0v) is 21.8. The Labute approximate surface area is 237 Å². The molecule has 0 fully saturated rings. The van der Waals surface area contributed by atoms with Gasteiger partial charge in [-0.1, -0.05) is 60.7 Å². The number of carbonyl (C=O) groups is 4. The van der Waals surface area contributed by atoms with Crippen LogP contribution in [0.15, 0.2) is 102 Å². The molecule has 0 spiro atoms. The molecule has 42 heavy (non-hydrogen) atoms. The Kier molecular flexibility index (Phi) is 4.85. The molecule has 5 aromatic carbocycles. The van der Waals surface area contributed by atoms with Crippen LogP contribution in [0.4, 0.5) is 11.4 Å². The number of anilines is 2. The van der Waals surface area contributed by atoms with Gasteiger partial charge in [0.05, 0.1) is 22.3 Å². The summed E-state index contributed by atoms with van der Waals surface area (Å²) in [7, 11) is 0. The highest BCUT2D eigenvalue weighted by Crippen LogP contribution is 2.38. The third-order valence-corrected chi connectivity index (χ3v) is 8.08. The summed E-state index contributed by atoms with van der Waals surface area (Å²) in [5, 5.41) is 3.89. The lowest BCUT2D eigenvalue weighted by molar-refractivity contribution is 0.0979. The van der Waals surface area contributed by atoms with Crippen molar-refractivity contribution in [3.63, 3.8) is 0 Å². The quantitative estimate of drug-likeness (QED) is 0.258. The molecule has 6 aromatic rings. The fourth-order valence-corrected chi connectivity index (χ4v) is 6.10. The van der Waals surface area contributed by atoms with Crippen molar-refractivity contribution >= 4 is 56.3 Å². The van der Waals surface area contributed by atoms with Gasteiger partial charge in [0.25, 0.3) is 0 Å². The lowest BCUT2D eigenvalue weighted by Gasteiger charge is -2.23. The summed E-state index contributed by atoms with van der Waals surface area (Å²) in [6, 6.07) is 26.6. The number of hydrogen-bond donors (Lipinski definition) is 2. The van der Waals surface area contributed by atoms with Crippen LogP contribution in [0.3, 0.4) is 0 Å². The molecule has 0 saturated heterocycles. The Morgan fingerprint density at radius 2 is 1.02 bits per heavy atom. The molecule has 0 aliphatic heterocycles. The van der Waals surface area contributed by atoms with E-state index in [-0.39, 0.29) is 78.5 Å². The molecule has 0 amide bonds. The average Bonchev–Trinajstić information content (AvgIpc) is 3.02. The SMILES string of the molecule is O=C1c2ccccc2C(=O)c2cc(Nc3cc4c(=O)c5ccccc5[nH]c4c4c3C(=O)c3ccccc3C4=O)ccc21. The van der Waals surface area contributed by atoms with Crippen LogP contribution in [0, 0.1) is 0 Å². The van der Waals surface area contributed by atoms with Crippen LogP contribution >= 0.6 is 0 Å². The van der Waals surface area contributed by atoms with Crippen LogP contribution in [0.2, 0.25) is 0 Å². The summed E-state index contributed by atoms with van der Waals surface area (Å²) in [5.74, 6) is -1.27. The number of rotatable bonds is 2. The minimum absolute atomic E-state index is 0.111. The lowest BCUT2D eigenvalue weighted by Crippen LogP contribution is -2.24. The molecule has 2 aliphatic rings. The second-order valence-corrected chi connectivity index (χ2v) is 10.4. The average molecular weight is 547 g/mol. The number of nitrogens with one attached hydrogen (secondary N) is 2. The molecule has 7 heteroatoms. The van der Waals surface area contributed by atoms with E-state index in [1.807, 2.05) is 0 Å². The van der Waals surface area contributed by atoms with Crippen LogP contribution in [-0.4, -0.2) is 28.1 Å². The molecule has 0 unspecified atom stereocenters. The molecule has 0 bridgehead atoms. The van der Waals surface area contributed by atoms with Crippen molar-refractivity contribution in [1.82, 2.24) is 4.98 Å². The van der Waals surface area contributed by atoms with E-state index in [0.717, 1.165) is 0 Å². The Hall–Kier alpha value is -5.95. The summed E-state index contributed by atoms with van der Waals surface area (Å²) in [4.78, 5) is 71.2. The number of carbonyl (C=O) groups excluding carboxylic acids is 4. The van der Waals surface area contributed by atoms with Gasteiger partial charge in [-0.3, -0.25) is 24.0 Å². The number of pyridine rings is 1. The first-order chi connectivity index (χ1) is 20.4. The number of fused-ring (bicyclic) bond motifs is 7. The van der Waals surface area contributed by atoms with E-state index in [4.69, 9.17) is 0 Å². The van der Waals surface area contributed by atoms with Gasteiger partial charge in [-0.15, -0.1) is 0 Å². The molecule has 2 aliphatic carbocycles. The number of H-pyrrole nitrogens is 1. The number of aromatic amines is 1. The van der Waals surface area contributed by atoms with Crippen LogP contribution in [0.5, 0.6) is 0 Å². The van der Waals surface area contributed by atoms with Gasteiger partial charge in [-0.05, 0) is 36.4 Å². The van der Waals surface area contributed by atoms with Gasteiger partial charge < -0.3 is 10.3 Å². The van der Waals surface area contributed by atoms with Gasteiger partial charge >= 0.3 is 0 Å². The first-order valence-electron chi connectivity index (χ1n) is 13.3. The Morgan fingerprint density at radius 3 is 1.71 bits per heavy atom. The smallest absolute Gasteiger partial charge is 0.197 e. The Bertz CT molecular complexity index is 2330. The summed E-state index contributed by atoms with van der Waals surface area (Å²) >= 11 is 0. The molecule has 1 aromatic heterocycles. The van der Waals surface area contributed by atoms with Gasteiger partial charge in [-0.2, -0.15) is 0 Å². The van der Waals surface area contributed by atoms with Crippen LogP contribution < -0.4 is 10.7 Å². The third kappa shape index (κ3) is 3.19. The molecule has 7 nitrogen and oxygen atoms in total. The number of benzene rings is 5. The van der Waals surface area contributed by atoms with Gasteiger partial charge in [-0.25, -0.2) is 0 Å². The van der Waals surface area contributed by atoms with E-state index in [0.29, 0.717) is 27.7 Å². The highest BCUT2D eigenvalue weighted by Gasteiger charge is 2.35. The number of ketones is 4. The highest BCUT2D eigenvalue weighted by atomic mass is 16.1. The van der Waals surface area contributed by atoms with E-state index in [9.17, 15) is 24.0 Å². The monoisotopic (exact) mass is 546 g/mol. The molecule has 0 atom stereocenters. The molecule has 0 saturated carbocycles. The second-order valence-electron chi connectivity index (χ2n) is 10.4. The van der Waals surface area contributed by atoms with E-state index >= 15 is 0 Å². The van der Waals surface area contributed by atoms with Crippen molar-refractivity contribution < 1.29 is 19.2 Å². The first kappa shape index (κ1) is 23.9. The lowest BCUT2D eigenvalue weighted by atomic mass is 9.81. The van der Waals surface area contributed by atoms with Crippen molar-refractivity contribution in [3.05, 3.63) is 152 Å². The summed E-state index contributed by atoms with van der Waals surface area (Å²) in [5.41, 5.74) is 3.19. The van der Waals surface area contributed by atoms with Gasteiger partial charge in [0.2, 0.25) is 0 Å². The van der Waals surface area contributed by atoms with Crippen LogP contribution in [0.25, 0.3) is 21.8 Å². The second kappa shape index (κ2) is 8.52. The van der Waals surface area contributed by atoms with Gasteiger partial charge in [0, 0.05) is 55.4 Å². The fourth-order valence-electron chi connectivity index (χ4n) is 6.10. The maximum atomic E-state index is 13.9. The maximum absolute atomic E-state index is 13.9. The van der Waals surface area contributed by atoms with Crippen molar-refractivity contribution in [3.8, 4) is 0 Å². The first-order valence-corrected chi connectivity index (χ1v) is 13.3. The van der Waals surface area contributed by atoms with Crippen LogP contribution in [-0.2, 0) is 0 Å². The van der Waals surface area contributed by atoms with Gasteiger partial charge in [0.1, 0.15) is 0 Å². The van der Waals surface area contributed by atoms with Gasteiger partial charge in [0.15, 0.2) is 28.6 Å². The molecular formula is C35H18N2O5. The highest BCUT2D eigenvalue weighted by molar-refractivity contribution is 6.34. The standard InChI is InChI=1S/C35H18N2O5/c38-31-18-7-1-2-8-19(18)32(39)24-15-17(13-14-22(24)31)36-27-16-25-30(37-26-12-6-5-11-23(26)33(25)40)29-28(27)34(41)20-9-3-4-10-21(20)35(29)42/h1-16,36H,(H,37,40). The molecular weight excluding hydrogens is 528 g/mol. The van der Waals surface area contributed by atoms with E-state index < -0.39 is 0 Å². The summed E-state index contributed by atoms with van der Waals surface area (Å²) in [6.45, 7) is 0. The zero-order valence-electron chi connectivity index (χ0n) is 21.8. The summed E-state index contributed by atoms with van der Waals surface area (Å²) in [6.07, 6.45) is 0. The minimum Gasteiger partial charge on any atom is -0.355 e. The summed E-state index contributed by atoms with van der Waals surface area (Å²) < 4.78 is 0. The largest absolute Gasteiger partial charge is 0.355 e. The van der Waals surface area contributed by atoms with E-state index in [2.05, 4.69) is 10.3 Å². The Balaban J connectivity index is 1.36. The predicted molar refractivity (Wildman–Crippen MR) is 158 cm³/mol. The van der Waals surface area contributed by atoms with E-state index in [1.165, 1.54) is 0 Å².